The molecule has 1 rings (SSSR count). The van der Waals surface area contributed by atoms with E-state index in [2.05, 4.69) is 4.89 Å². The van der Waals surface area contributed by atoms with Gasteiger partial charge in [0.1, 0.15) is 5.57 Å². The van der Waals surface area contributed by atoms with Crippen molar-refractivity contribution >= 4 is 11.8 Å². The molecule has 0 radical (unpaired) electrons. The summed E-state index contributed by atoms with van der Waals surface area (Å²) in [6.07, 6.45) is 2.21. The number of hydrogen-bond acceptors (Lipinski definition) is 6. The van der Waals surface area contributed by atoms with E-state index in [0.29, 0.717) is 0 Å². The predicted octanol–water partition coefficient (Wildman–Crippen LogP) is 0.0624. The normalized spacial score (nSPS) is 15.6. The van der Waals surface area contributed by atoms with Gasteiger partial charge in [-0.3, -0.25) is 19.8 Å². The van der Waals surface area contributed by atoms with E-state index >= 15 is 0 Å². The summed E-state index contributed by atoms with van der Waals surface area (Å²) in [6.45, 7) is 0. The second-order valence-corrected chi connectivity index (χ2v) is 2.43. The molecule has 74 valence electrons. The van der Waals surface area contributed by atoms with Gasteiger partial charge >= 0.3 is 11.7 Å². The minimum Gasteiger partial charge on any atom is -0.295 e. The maximum atomic E-state index is 11.0. The van der Waals surface area contributed by atoms with E-state index in [9.17, 15) is 19.7 Å². The molecule has 0 atom stereocenters. The van der Waals surface area contributed by atoms with Crippen molar-refractivity contribution in [3.63, 3.8) is 0 Å². The number of rotatable bonds is 2. The summed E-state index contributed by atoms with van der Waals surface area (Å²) in [7, 11) is 0. The molecule has 7 nitrogen and oxygen atoms in total. The van der Waals surface area contributed by atoms with Crippen molar-refractivity contribution in [2.24, 2.45) is 0 Å². The molecule has 0 unspecified atom stereocenters. The highest BCUT2D eigenvalue weighted by Crippen LogP contribution is 2.17. The van der Waals surface area contributed by atoms with Gasteiger partial charge in [0.25, 0.3) is 0 Å². The maximum Gasteiger partial charge on any atom is 0.379 e. The van der Waals surface area contributed by atoms with Crippen LogP contribution in [0, 0.1) is 10.1 Å². The average molecular weight is 199 g/mol. The van der Waals surface area contributed by atoms with Gasteiger partial charge in [-0.05, 0) is 6.08 Å². The topological polar surface area (TPSA) is 107 Å². The van der Waals surface area contributed by atoms with Gasteiger partial charge in [-0.2, -0.15) is 5.26 Å². The molecule has 0 fully saturated rings. The molecule has 0 heterocycles. The van der Waals surface area contributed by atoms with Crippen molar-refractivity contribution in [2.75, 3.05) is 0 Å². The Hall–Kier alpha value is -2.02. The molecule has 1 N–H and O–H groups in total. The van der Waals surface area contributed by atoms with Crippen molar-refractivity contribution in [1.82, 2.24) is 0 Å². The Morgan fingerprint density at radius 3 is 2.79 bits per heavy atom. The van der Waals surface area contributed by atoms with Gasteiger partial charge in [0.2, 0.25) is 5.78 Å². The first-order valence-electron chi connectivity index (χ1n) is 3.52. The lowest BCUT2D eigenvalue weighted by atomic mass is 10.0. The minimum atomic E-state index is -1.32. The van der Waals surface area contributed by atoms with Crippen LogP contribution in [-0.4, -0.2) is 21.9 Å². The van der Waals surface area contributed by atoms with Gasteiger partial charge in [0, 0.05) is 6.42 Å². The smallest absolute Gasteiger partial charge is 0.295 e. The summed E-state index contributed by atoms with van der Waals surface area (Å²) in [5.41, 5.74) is -1.40. The Bertz CT molecular complexity index is 366. The predicted molar refractivity (Wildman–Crippen MR) is 41.5 cm³/mol. The first-order chi connectivity index (χ1) is 6.57. The van der Waals surface area contributed by atoms with Crippen LogP contribution >= 0.6 is 0 Å². The zero-order valence-corrected chi connectivity index (χ0v) is 6.80. The Labute approximate surface area is 77.4 Å². The standard InChI is InChI=1S/C7H5NO6/c9-5-3-1-2-4(7(10)14-13)6(5)8(11)12/h1-2,13H,3H2. The number of nitrogens with zero attached hydrogens (tertiary/aromatic N) is 1. The molecule has 1 aliphatic rings. The quantitative estimate of drug-likeness (QED) is 0.383. The number of Topliss-reactive ketones (excluding diaryl/α,β-unsaturated/α-hetero) is 1. The van der Waals surface area contributed by atoms with Gasteiger partial charge in [0.15, 0.2) is 0 Å². The third kappa shape index (κ3) is 1.67. The monoisotopic (exact) mass is 199 g/mol. The summed E-state index contributed by atoms with van der Waals surface area (Å²) in [5.74, 6) is -2.11. The average Bonchev–Trinajstić information content (AvgIpc) is 2.15. The number of allylic oxidation sites excluding steroid dienone is 2. The van der Waals surface area contributed by atoms with Crippen LogP contribution < -0.4 is 0 Å². The maximum absolute atomic E-state index is 11.0. The van der Waals surface area contributed by atoms with Crippen LogP contribution in [-0.2, 0) is 14.5 Å². The van der Waals surface area contributed by atoms with Crippen LogP contribution in [0.15, 0.2) is 23.4 Å². The lowest BCUT2D eigenvalue weighted by molar-refractivity contribution is -0.419. The van der Waals surface area contributed by atoms with E-state index in [1.54, 1.807) is 0 Å². The molecule has 0 saturated carbocycles. The van der Waals surface area contributed by atoms with E-state index in [1.807, 2.05) is 0 Å². The Morgan fingerprint density at radius 2 is 2.29 bits per heavy atom. The van der Waals surface area contributed by atoms with Crippen LogP contribution in [0.25, 0.3) is 0 Å². The Kier molecular flexibility index (Phi) is 2.73. The van der Waals surface area contributed by atoms with E-state index in [0.717, 1.165) is 6.08 Å². The Morgan fingerprint density at radius 1 is 1.64 bits per heavy atom. The van der Waals surface area contributed by atoms with Gasteiger partial charge in [-0.25, -0.2) is 4.79 Å². The molecular formula is C7H5NO6. The largest absolute Gasteiger partial charge is 0.379 e. The van der Waals surface area contributed by atoms with Gasteiger partial charge in [-0.1, -0.05) is 6.08 Å². The number of hydrogen-bond donors (Lipinski definition) is 1. The van der Waals surface area contributed by atoms with Gasteiger partial charge < -0.3 is 0 Å². The van der Waals surface area contributed by atoms with E-state index in [1.165, 1.54) is 6.08 Å². The number of ketones is 1. The highest BCUT2D eigenvalue weighted by Gasteiger charge is 2.32. The molecule has 7 heteroatoms. The van der Waals surface area contributed by atoms with E-state index < -0.39 is 27.9 Å². The molecule has 0 spiro atoms. The molecule has 0 aromatic rings. The zero-order valence-electron chi connectivity index (χ0n) is 6.80. The van der Waals surface area contributed by atoms with Crippen LogP contribution in [0.3, 0.4) is 0 Å². The van der Waals surface area contributed by atoms with Crippen LogP contribution in [0.4, 0.5) is 0 Å². The summed E-state index contributed by atoms with van der Waals surface area (Å²) in [6, 6.07) is 0. The fourth-order valence-corrected chi connectivity index (χ4v) is 1.02. The molecule has 14 heavy (non-hydrogen) atoms. The SMILES string of the molecule is O=C1CC=CC(C(=O)OO)=C1[N+](=O)[O-]. The van der Waals surface area contributed by atoms with Crippen molar-refractivity contribution < 1.29 is 24.7 Å². The third-order valence-electron chi connectivity index (χ3n) is 1.59. The Balaban J connectivity index is 3.23. The van der Waals surface area contributed by atoms with Crippen LogP contribution in [0.1, 0.15) is 6.42 Å². The van der Waals surface area contributed by atoms with Gasteiger partial charge in [0.05, 0.1) is 4.92 Å². The highest BCUT2D eigenvalue weighted by atomic mass is 17.1. The molecule has 0 aromatic carbocycles. The van der Waals surface area contributed by atoms with E-state index in [-0.39, 0.29) is 6.42 Å². The lowest BCUT2D eigenvalue weighted by Gasteiger charge is -2.04. The summed E-state index contributed by atoms with van der Waals surface area (Å²) >= 11 is 0. The highest BCUT2D eigenvalue weighted by molar-refractivity contribution is 6.05. The first-order valence-corrected chi connectivity index (χ1v) is 3.52. The van der Waals surface area contributed by atoms with Crippen LogP contribution in [0.2, 0.25) is 0 Å². The molecule has 0 amide bonds. The van der Waals surface area contributed by atoms with Gasteiger partial charge in [-0.15, -0.1) is 0 Å². The molecule has 0 bridgehead atoms. The number of carbonyl (C=O) groups excluding carboxylic acids is 2. The number of nitro groups is 1. The van der Waals surface area contributed by atoms with Crippen molar-refractivity contribution in [2.45, 2.75) is 6.42 Å². The van der Waals surface area contributed by atoms with Crippen molar-refractivity contribution in [3.8, 4) is 0 Å². The van der Waals surface area contributed by atoms with Crippen molar-refractivity contribution in [3.05, 3.63) is 33.5 Å². The van der Waals surface area contributed by atoms with Crippen LogP contribution in [0.5, 0.6) is 0 Å². The fraction of sp³-hybridized carbons (Fsp3) is 0.143. The number of carbonyl (C=O) groups is 2. The van der Waals surface area contributed by atoms with E-state index in [4.69, 9.17) is 5.26 Å². The zero-order chi connectivity index (χ0) is 10.7. The third-order valence-corrected chi connectivity index (χ3v) is 1.59. The molecule has 0 aromatic heterocycles. The molecular weight excluding hydrogens is 194 g/mol. The lowest BCUT2D eigenvalue weighted by Crippen LogP contribution is -2.20. The fourth-order valence-electron chi connectivity index (χ4n) is 1.02. The molecule has 0 saturated heterocycles. The summed E-state index contributed by atoms with van der Waals surface area (Å²) in [4.78, 5) is 34.6. The minimum absolute atomic E-state index is 0.140. The summed E-state index contributed by atoms with van der Waals surface area (Å²) < 4.78 is 0. The molecule has 1 aliphatic carbocycles. The second-order valence-electron chi connectivity index (χ2n) is 2.43. The summed E-state index contributed by atoms with van der Waals surface area (Å²) in [5, 5.41) is 18.4. The molecule has 0 aliphatic heterocycles. The van der Waals surface area contributed by atoms with Crippen molar-refractivity contribution in [1.29, 1.82) is 0 Å². The second kappa shape index (κ2) is 3.79. The first kappa shape index (κ1) is 10.1.